The largest absolute Gasteiger partial charge is 0.507 e. The highest BCUT2D eigenvalue weighted by atomic mass is 16.3. The molecule has 1 heteroatoms. The minimum atomic E-state index is -0.311. The normalized spacial score (nSPS) is 12.8. The Bertz CT molecular complexity index is 974. The second-order valence-corrected chi connectivity index (χ2v) is 10.2. The molecule has 29 heavy (non-hydrogen) atoms. The van der Waals surface area contributed by atoms with Gasteiger partial charge in [0, 0.05) is 16.4 Å². The Morgan fingerprint density at radius 2 is 0.931 bits per heavy atom. The molecule has 0 saturated carbocycles. The molecule has 0 atom stereocenters. The fourth-order valence-corrected chi connectivity index (χ4v) is 4.08. The van der Waals surface area contributed by atoms with Crippen molar-refractivity contribution in [1.82, 2.24) is 0 Å². The summed E-state index contributed by atoms with van der Waals surface area (Å²) in [4.78, 5) is 0. The molecule has 1 N–H and O–H groups in total. The summed E-state index contributed by atoms with van der Waals surface area (Å²) < 4.78 is 0. The summed E-state index contributed by atoms with van der Waals surface area (Å²) >= 11 is 0. The van der Waals surface area contributed by atoms with Crippen molar-refractivity contribution < 1.29 is 5.11 Å². The van der Waals surface area contributed by atoms with Crippen LogP contribution in [0.15, 0.2) is 72.8 Å². The lowest BCUT2D eigenvalue weighted by Crippen LogP contribution is -2.25. The Kier molecular flexibility index (Phi) is 5.38. The van der Waals surface area contributed by atoms with Crippen molar-refractivity contribution in [2.24, 2.45) is 0 Å². The molecule has 152 valence electrons. The number of benzene rings is 3. The van der Waals surface area contributed by atoms with E-state index in [9.17, 15) is 5.11 Å². The van der Waals surface area contributed by atoms with E-state index in [4.69, 9.17) is 0 Å². The maximum atomic E-state index is 11.4. The molecule has 0 saturated heterocycles. The van der Waals surface area contributed by atoms with Crippen LogP contribution in [0.1, 0.15) is 76.3 Å². The van der Waals surface area contributed by atoms with Crippen molar-refractivity contribution in [2.45, 2.75) is 64.7 Å². The van der Waals surface area contributed by atoms with Gasteiger partial charge in [-0.1, -0.05) is 121 Å². The molecule has 0 heterocycles. The fourth-order valence-electron chi connectivity index (χ4n) is 4.08. The predicted octanol–water partition coefficient (Wildman–Crippen LogP) is 7.34. The van der Waals surface area contributed by atoms with Gasteiger partial charge >= 0.3 is 0 Å². The first-order valence-corrected chi connectivity index (χ1v) is 10.4. The number of aromatic hydroxyl groups is 1. The molecule has 1 nitrogen and oxygen atoms in total. The van der Waals surface area contributed by atoms with Crippen LogP contribution in [0.25, 0.3) is 0 Å². The Morgan fingerprint density at radius 3 is 1.38 bits per heavy atom. The van der Waals surface area contributed by atoms with Gasteiger partial charge in [-0.2, -0.15) is 0 Å². The molecule has 0 spiro atoms. The van der Waals surface area contributed by atoms with Crippen LogP contribution in [0.3, 0.4) is 0 Å². The topological polar surface area (TPSA) is 20.2 Å². The lowest BCUT2D eigenvalue weighted by atomic mass is 9.70. The minimum absolute atomic E-state index is 0.158. The van der Waals surface area contributed by atoms with Crippen LogP contribution < -0.4 is 0 Å². The predicted molar refractivity (Wildman–Crippen MR) is 124 cm³/mol. The summed E-state index contributed by atoms with van der Waals surface area (Å²) in [5.41, 5.74) is 5.04. The smallest absolute Gasteiger partial charge is 0.123 e. The Balaban J connectivity index is 2.29. The van der Waals surface area contributed by atoms with Crippen LogP contribution in [-0.4, -0.2) is 5.11 Å². The first-order chi connectivity index (χ1) is 13.5. The third kappa shape index (κ3) is 3.96. The average Bonchev–Trinajstić information content (AvgIpc) is 2.68. The van der Waals surface area contributed by atoms with Gasteiger partial charge in [0.1, 0.15) is 5.75 Å². The molecule has 3 aromatic rings. The summed E-state index contributed by atoms with van der Waals surface area (Å²) in [5.74, 6) is 0.416. The van der Waals surface area contributed by atoms with E-state index in [-0.39, 0.29) is 16.2 Å². The van der Waals surface area contributed by atoms with Crippen LogP contribution in [0.2, 0.25) is 0 Å². The van der Waals surface area contributed by atoms with Crippen molar-refractivity contribution in [3.05, 3.63) is 101 Å². The maximum Gasteiger partial charge on any atom is 0.123 e. The third-order valence-corrected chi connectivity index (χ3v) is 6.30. The van der Waals surface area contributed by atoms with Gasteiger partial charge in [0.15, 0.2) is 0 Å². The summed E-state index contributed by atoms with van der Waals surface area (Å²) in [6, 6.07) is 25.5. The van der Waals surface area contributed by atoms with Crippen LogP contribution in [0, 0.1) is 0 Å². The van der Waals surface area contributed by atoms with Crippen molar-refractivity contribution in [3.63, 3.8) is 0 Å². The molecule has 0 aliphatic heterocycles. The van der Waals surface area contributed by atoms with Crippen LogP contribution >= 0.6 is 0 Å². The van der Waals surface area contributed by atoms with Gasteiger partial charge in [-0.15, -0.1) is 0 Å². The SMILES string of the molecule is CC(C)(C)c1cc(C(C)(C)c2ccccc2)cc(C(C)(C)c2ccccc2)c1O. The quantitative estimate of drug-likeness (QED) is 0.497. The van der Waals surface area contributed by atoms with Crippen molar-refractivity contribution in [3.8, 4) is 5.75 Å². The van der Waals surface area contributed by atoms with Gasteiger partial charge < -0.3 is 5.11 Å². The number of phenols is 1. The summed E-state index contributed by atoms with van der Waals surface area (Å²) in [6.07, 6.45) is 0. The van der Waals surface area contributed by atoms with E-state index in [1.54, 1.807) is 0 Å². The molecule has 0 unspecified atom stereocenters. The van der Waals surface area contributed by atoms with Crippen molar-refractivity contribution in [2.75, 3.05) is 0 Å². The highest BCUT2D eigenvalue weighted by molar-refractivity contribution is 5.56. The molecule has 0 aliphatic rings. The van der Waals surface area contributed by atoms with E-state index in [1.807, 2.05) is 6.07 Å². The molecule has 0 bridgehead atoms. The average molecular weight is 387 g/mol. The molecule has 0 aliphatic carbocycles. The third-order valence-electron chi connectivity index (χ3n) is 6.30. The molecule has 0 fully saturated rings. The van der Waals surface area contributed by atoms with E-state index in [1.165, 1.54) is 16.7 Å². The van der Waals surface area contributed by atoms with Crippen molar-refractivity contribution >= 4 is 0 Å². The zero-order valence-electron chi connectivity index (χ0n) is 18.9. The second kappa shape index (κ2) is 7.37. The Morgan fingerprint density at radius 1 is 0.517 bits per heavy atom. The Labute approximate surface area is 176 Å². The van der Waals surface area contributed by atoms with Gasteiger partial charge in [0.25, 0.3) is 0 Å². The van der Waals surface area contributed by atoms with Crippen molar-refractivity contribution in [1.29, 1.82) is 0 Å². The standard InChI is InChI=1S/C28H34O/c1-26(2,3)23-18-22(27(4,5)20-14-10-8-11-15-20)19-24(25(23)29)28(6,7)21-16-12-9-13-17-21/h8-19,29H,1-7H3. The second-order valence-electron chi connectivity index (χ2n) is 10.2. The van der Waals surface area contributed by atoms with Crippen LogP contribution in [0.4, 0.5) is 0 Å². The lowest BCUT2D eigenvalue weighted by Gasteiger charge is -2.34. The van der Waals surface area contributed by atoms with Gasteiger partial charge in [0.2, 0.25) is 0 Å². The molecule has 0 aromatic heterocycles. The van der Waals surface area contributed by atoms with E-state index in [0.29, 0.717) is 5.75 Å². The van der Waals surface area contributed by atoms with E-state index in [0.717, 1.165) is 11.1 Å². The van der Waals surface area contributed by atoms with Crippen LogP contribution in [-0.2, 0) is 16.2 Å². The summed E-state index contributed by atoms with van der Waals surface area (Å²) in [5, 5.41) is 11.4. The van der Waals surface area contributed by atoms with E-state index < -0.39 is 0 Å². The molecule has 3 aromatic carbocycles. The zero-order valence-corrected chi connectivity index (χ0v) is 18.9. The highest BCUT2D eigenvalue weighted by Crippen LogP contribution is 2.45. The van der Waals surface area contributed by atoms with Gasteiger partial charge in [-0.25, -0.2) is 0 Å². The number of rotatable bonds is 4. The lowest BCUT2D eigenvalue weighted by molar-refractivity contribution is 0.426. The van der Waals surface area contributed by atoms with E-state index >= 15 is 0 Å². The fraction of sp³-hybridized carbons (Fsp3) is 0.357. The Hall–Kier alpha value is -2.54. The molecular weight excluding hydrogens is 352 g/mol. The summed E-state index contributed by atoms with van der Waals surface area (Å²) in [6.45, 7) is 15.4. The summed E-state index contributed by atoms with van der Waals surface area (Å²) in [7, 11) is 0. The monoisotopic (exact) mass is 386 g/mol. The first-order valence-electron chi connectivity index (χ1n) is 10.4. The maximum absolute atomic E-state index is 11.4. The van der Waals surface area contributed by atoms with Crippen LogP contribution in [0.5, 0.6) is 5.75 Å². The molecule has 0 radical (unpaired) electrons. The molecular formula is C28H34O. The first kappa shape index (κ1) is 21.2. The van der Waals surface area contributed by atoms with E-state index in [2.05, 4.69) is 115 Å². The molecule has 0 amide bonds. The number of hydrogen-bond acceptors (Lipinski definition) is 1. The van der Waals surface area contributed by atoms with Gasteiger partial charge in [-0.3, -0.25) is 0 Å². The van der Waals surface area contributed by atoms with Gasteiger partial charge in [-0.05, 0) is 27.7 Å². The zero-order chi connectivity index (χ0) is 21.4. The highest BCUT2D eigenvalue weighted by Gasteiger charge is 2.33. The van der Waals surface area contributed by atoms with Gasteiger partial charge in [0.05, 0.1) is 0 Å². The number of phenolic OH excluding ortho intramolecular Hbond substituents is 1. The minimum Gasteiger partial charge on any atom is -0.507 e. The molecule has 3 rings (SSSR count). The number of hydrogen-bond donors (Lipinski definition) is 1.